The number of aliphatic hydroxyl groups excluding tert-OH is 1. The zero-order valence-corrected chi connectivity index (χ0v) is 27.2. The van der Waals surface area contributed by atoms with Crippen LogP contribution in [0.3, 0.4) is 0 Å². The lowest BCUT2D eigenvalue weighted by atomic mass is 9.75. The van der Waals surface area contributed by atoms with Crippen molar-refractivity contribution in [2.45, 2.75) is 136 Å². The van der Waals surface area contributed by atoms with E-state index in [1.165, 1.54) is 14.0 Å². The molecule has 0 bridgehead atoms. The average Bonchev–Trinajstić information content (AvgIpc) is 2.90. The lowest BCUT2D eigenvalue weighted by Crippen LogP contribution is -2.56. The van der Waals surface area contributed by atoms with E-state index >= 15 is 0 Å². The summed E-state index contributed by atoms with van der Waals surface area (Å²) in [6.45, 7) is 17.2. The number of aliphatic hydroxyl groups is 2. The number of carbonyl (C=O) groups excluding carboxylic acids is 1. The van der Waals surface area contributed by atoms with E-state index in [-0.39, 0.29) is 24.7 Å². The number of esters is 1. The summed E-state index contributed by atoms with van der Waals surface area (Å²) in [5.41, 5.74) is -1.83. The number of oxime groups is 1. The molecular weight excluding hydrogens is 530 g/mol. The molecule has 240 valence electrons. The summed E-state index contributed by atoms with van der Waals surface area (Å²) in [4.78, 5) is 19.0. The largest absolute Gasteiger partial charge is 0.459 e. The Labute approximate surface area is 247 Å². The topological polar surface area (TPSA) is 125 Å². The van der Waals surface area contributed by atoms with Gasteiger partial charge in [0, 0.05) is 32.5 Å². The Morgan fingerprint density at radius 2 is 1.68 bits per heavy atom. The molecule has 2 fully saturated rings. The average molecular weight is 588 g/mol. The Kier molecular flexibility index (Phi) is 13.5. The summed E-state index contributed by atoms with van der Waals surface area (Å²) in [6.07, 6.45) is -0.00803. The molecular formula is C31H57NO9. The molecule has 1 unspecified atom stereocenters. The lowest BCUT2D eigenvalue weighted by molar-refractivity contribution is -0.242. The molecule has 41 heavy (non-hydrogen) atoms. The molecule has 0 amide bonds. The van der Waals surface area contributed by atoms with Gasteiger partial charge in [-0.15, -0.1) is 0 Å². The lowest BCUT2D eigenvalue weighted by Gasteiger charge is -2.43. The normalized spacial score (nSPS) is 44.7. The van der Waals surface area contributed by atoms with Gasteiger partial charge in [0.2, 0.25) is 6.79 Å². The van der Waals surface area contributed by atoms with E-state index in [1.54, 1.807) is 21.0 Å². The van der Waals surface area contributed by atoms with E-state index in [1.807, 2.05) is 27.7 Å². The Balaban J connectivity index is 2.56. The zero-order valence-electron chi connectivity index (χ0n) is 27.2. The van der Waals surface area contributed by atoms with Crippen LogP contribution in [0.5, 0.6) is 0 Å². The van der Waals surface area contributed by atoms with Crippen molar-refractivity contribution < 1.29 is 43.5 Å². The van der Waals surface area contributed by atoms with E-state index in [2.05, 4.69) is 19.0 Å². The number of methoxy groups -OCH3 is 2. The van der Waals surface area contributed by atoms with Crippen LogP contribution in [-0.4, -0.2) is 84.8 Å². The molecule has 2 aliphatic rings. The third-order valence-electron chi connectivity index (χ3n) is 9.10. The number of rotatable bonds is 7. The Morgan fingerprint density at radius 3 is 2.24 bits per heavy atom. The van der Waals surface area contributed by atoms with E-state index in [9.17, 15) is 15.0 Å². The highest BCUT2D eigenvalue weighted by atomic mass is 16.7. The molecule has 2 rings (SSSR count). The molecule has 0 aromatic heterocycles. The smallest absolute Gasteiger partial charge is 0.311 e. The molecule has 0 radical (unpaired) electrons. The van der Waals surface area contributed by atoms with Crippen molar-refractivity contribution in [3.05, 3.63) is 0 Å². The summed E-state index contributed by atoms with van der Waals surface area (Å²) in [6, 6.07) is 0. The Bertz CT molecular complexity index is 841. The van der Waals surface area contributed by atoms with Crippen LogP contribution in [0.25, 0.3) is 0 Å². The number of cyclic esters (lactones) is 1. The van der Waals surface area contributed by atoms with Crippen LogP contribution >= 0.6 is 0 Å². The molecule has 10 heteroatoms. The molecule has 10 nitrogen and oxygen atoms in total. The second-order valence-corrected chi connectivity index (χ2v) is 13.1. The molecule has 0 saturated carbocycles. The van der Waals surface area contributed by atoms with Crippen molar-refractivity contribution in [3.63, 3.8) is 0 Å². The molecule has 0 aliphatic carbocycles. The van der Waals surface area contributed by atoms with Gasteiger partial charge in [-0.1, -0.05) is 39.8 Å². The van der Waals surface area contributed by atoms with Crippen molar-refractivity contribution in [1.82, 2.24) is 0 Å². The molecule has 2 aliphatic heterocycles. The fraction of sp³-hybridized carbons (Fsp3) is 0.935. The minimum absolute atomic E-state index is 0.0550. The van der Waals surface area contributed by atoms with Crippen molar-refractivity contribution in [1.29, 1.82) is 0 Å². The molecule has 2 heterocycles. The van der Waals surface area contributed by atoms with E-state index in [4.69, 9.17) is 28.5 Å². The minimum Gasteiger partial charge on any atom is -0.459 e. The first kappa shape index (κ1) is 35.9. The SMILES string of the molecule is CC[C@H]1OC(=O)[C@H](C)[C@@H](O[C@H]2CC(C)C[C@H](C)O2)[C@H](C)C[C@](C)(OC)C[C@@H](C)/C(=N/OCOC)[C@H](C)[C@@H](O)[C@]1(C)O. The van der Waals surface area contributed by atoms with Crippen LogP contribution in [0, 0.1) is 29.6 Å². The van der Waals surface area contributed by atoms with Gasteiger partial charge in [-0.3, -0.25) is 4.79 Å². The molecule has 0 spiro atoms. The van der Waals surface area contributed by atoms with Crippen LogP contribution in [0.1, 0.15) is 94.4 Å². The first-order chi connectivity index (χ1) is 19.1. The van der Waals surface area contributed by atoms with Crippen molar-refractivity contribution in [2.75, 3.05) is 21.0 Å². The van der Waals surface area contributed by atoms with Gasteiger partial charge in [0.1, 0.15) is 11.7 Å². The second kappa shape index (κ2) is 15.4. The fourth-order valence-electron chi connectivity index (χ4n) is 6.80. The van der Waals surface area contributed by atoms with Gasteiger partial charge in [0.25, 0.3) is 0 Å². The molecule has 0 aromatic carbocycles. The third-order valence-corrected chi connectivity index (χ3v) is 9.10. The highest BCUT2D eigenvalue weighted by Gasteiger charge is 2.48. The quantitative estimate of drug-likeness (QED) is 0.189. The number of hydrogen-bond acceptors (Lipinski definition) is 10. The van der Waals surface area contributed by atoms with Gasteiger partial charge >= 0.3 is 5.97 Å². The first-order valence-electron chi connectivity index (χ1n) is 15.3. The van der Waals surface area contributed by atoms with Crippen molar-refractivity contribution >= 4 is 11.7 Å². The fourth-order valence-corrected chi connectivity index (χ4v) is 6.80. The molecule has 0 aromatic rings. The second-order valence-electron chi connectivity index (χ2n) is 13.1. The molecule has 2 N–H and O–H groups in total. The van der Waals surface area contributed by atoms with Crippen LogP contribution in [0.2, 0.25) is 0 Å². The third kappa shape index (κ3) is 9.34. The van der Waals surface area contributed by atoms with Gasteiger partial charge in [-0.05, 0) is 65.2 Å². The van der Waals surface area contributed by atoms with E-state index in [0.29, 0.717) is 30.9 Å². The van der Waals surface area contributed by atoms with Gasteiger partial charge < -0.3 is 38.7 Å². The van der Waals surface area contributed by atoms with Crippen LogP contribution in [-0.2, 0) is 33.3 Å². The highest BCUT2D eigenvalue weighted by Crippen LogP contribution is 2.38. The maximum atomic E-state index is 13.7. The number of hydrogen-bond donors (Lipinski definition) is 2. The predicted octanol–water partition coefficient (Wildman–Crippen LogP) is 4.69. The molecule has 12 atom stereocenters. The van der Waals surface area contributed by atoms with Gasteiger partial charge in [0.15, 0.2) is 6.29 Å². The number of nitrogens with zero attached hydrogens (tertiary/aromatic N) is 1. The summed E-state index contributed by atoms with van der Waals surface area (Å²) in [7, 11) is 3.18. The number of carbonyl (C=O) groups is 1. The van der Waals surface area contributed by atoms with Crippen LogP contribution in [0.4, 0.5) is 0 Å². The van der Waals surface area contributed by atoms with Crippen molar-refractivity contribution in [2.24, 2.45) is 34.7 Å². The monoisotopic (exact) mass is 587 g/mol. The summed E-state index contributed by atoms with van der Waals surface area (Å²) < 4.78 is 29.8. The summed E-state index contributed by atoms with van der Waals surface area (Å²) in [5, 5.41) is 27.4. The van der Waals surface area contributed by atoms with Crippen molar-refractivity contribution in [3.8, 4) is 0 Å². The molecule has 2 saturated heterocycles. The summed E-state index contributed by atoms with van der Waals surface area (Å²) >= 11 is 0. The maximum absolute atomic E-state index is 13.7. The Hall–Kier alpha value is -1.30. The van der Waals surface area contributed by atoms with E-state index < -0.39 is 53.6 Å². The first-order valence-corrected chi connectivity index (χ1v) is 15.3. The minimum atomic E-state index is -1.76. The van der Waals surface area contributed by atoms with Gasteiger partial charge in [-0.2, -0.15) is 0 Å². The number of ether oxygens (including phenoxy) is 5. The maximum Gasteiger partial charge on any atom is 0.311 e. The summed E-state index contributed by atoms with van der Waals surface area (Å²) in [5.74, 6) is -1.62. The zero-order chi connectivity index (χ0) is 31.1. The van der Waals surface area contributed by atoms with E-state index in [0.717, 1.165) is 12.8 Å². The van der Waals surface area contributed by atoms with Crippen LogP contribution < -0.4 is 0 Å². The standard InChI is InChI=1S/C31H57NO9/c1-12-24-31(9,35)28(33)22(6)26(32-38-17-36-10)19(3)15-30(8,37-11)16-20(4)27(23(7)29(34)40-24)41-25-14-18(2)13-21(5)39-25/h18-25,27-28,33,35H,12-17H2,1-11H3/b32-26-/t18?,19-,20-,21+,22+,23-,24-,25+,27+,28-,30-,31-/m1/s1. The van der Waals surface area contributed by atoms with Crippen LogP contribution in [0.15, 0.2) is 5.16 Å². The predicted molar refractivity (Wildman–Crippen MR) is 156 cm³/mol. The van der Waals surface area contributed by atoms with Gasteiger partial charge in [0.05, 0.1) is 35.5 Å². The Morgan fingerprint density at radius 1 is 1.02 bits per heavy atom. The van der Waals surface area contributed by atoms with Gasteiger partial charge in [-0.25, -0.2) is 0 Å². The highest BCUT2D eigenvalue weighted by molar-refractivity contribution is 5.88.